The molecule has 0 aliphatic carbocycles. The standard InChI is InChI=1S/C20H23FN2O3Si/c1-6-25-20(24)19-18(17-12(2)22-10-9-16(17)26-19)23-15-8-7-13(11-14(15)21)27(3,4)5/h7-11,23H,6H2,1-5H3. The number of ether oxygens (including phenoxy) is 1. The highest BCUT2D eigenvalue weighted by atomic mass is 28.3. The molecule has 3 aromatic rings. The number of esters is 1. The van der Waals surface area contributed by atoms with Gasteiger partial charge in [-0.2, -0.15) is 0 Å². The predicted octanol–water partition coefficient (Wildman–Crippen LogP) is 4.74. The van der Waals surface area contributed by atoms with Gasteiger partial charge in [-0.25, -0.2) is 9.18 Å². The van der Waals surface area contributed by atoms with Crippen LogP contribution in [0.2, 0.25) is 19.6 Å². The van der Waals surface area contributed by atoms with Gasteiger partial charge in [0.05, 0.1) is 31.4 Å². The number of pyridine rings is 1. The molecule has 0 aliphatic rings. The first kappa shape index (κ1) is 19.1. The highest BCUT2D eigenvalue weighted by Gasteiger charge is 2.25. The number of hydrogen-bond acceptors (Lipinski definition) is 5. The molecular formula is C20H23FN2O3Si. The van der Waals surface area contributed by atoms with E-state index in [0.717, 1.165) is 5.19 Å². The smallest absolute Gasteiger partial charge is 0.376 e. The summed E-state index contributed by atoms with van der Waals surface area (Å²) in [4.78, 5) is 16.6. The lowest BCUT2D eigenvalue weighted by Gasteiger charge is -2.18. The summed E-state index contributed by atoms with van der Waals surface area (Å²) in [5.41, 5.74) is 1.81. The molecule has 0 saturated carbocycles. The van der Waals surface area contributed by atoms with Gasteiger partial charge in [-0.1, -0.05) is 30.9 Å². The Hall–Kier alpha value is -2.67. The average molecular weight is 386 g/mol. The number of furan rings is 1. The quantitative estimate of drug-likeness (QED) is 0.507. The minimum absolute atomic E-state index is 0.0108. The van der Waals surface area contributed by atoms with Crippen molar-refractivity contribution in [1.82, 2.24) is 4.98 Å². The van der Waals surface area contributed by atoms with Gasteiger partial charge in [0.25, 0.3) is 0 Å². The monoisotopic (exact) mass is 386 g/mol. The summed E-state index contributed by atoms with van der Waals surface area (Å²) in [5, 5.41) is 4.68. The largest absolute Gasteiger partial charge is 0.460 e. The number of benzene rings is 1. The summed E-state index contributed by atoms with van der Waals surface area (Å²) < 4.78 is 25.5. The molecule has 0 amide bonds. The van der Waals surface area contributed by atoms with Gasteiger partial charge in [0.15, 0.2) is 0 Å². The number of halogens is 1. The van der Waals surface area contributed by atoms with Crippen LogP contribution in [0.25, 0.3) is 11.0 Å². The number of aromatic nitrogens is 1. The van der Waals surface area contributed by atoms with Gasteiger partial charge in [-0.15, -0.1) is 0 Å². The number of anilines is 2. The van der Waals surface area contributed by atoms with Crippen molar-refractivity contribution in [3.05, 3.63) is 47.7 Å². The fourth-order valence-corrected chi connectivity index (χ4v) is 4.03. The van der Waals surface area contributed by atoms with Crippen molar-refractivity contribution in [2.45, 2.75) is 33.5 Å². The van der Waals surface area contributed by atoms with E-state index in [1.54, 1.807) is 31.3 Å². The van der Waals surface area contributed by atoms with E-state index in [0.29, 0.717) is 22.4 Å². The second kappa shape index (κ2) is 7.15. The number of carbonyl (C=O) groups is 1. The fraction of sp³-hybridized carbons (Fsp3) is 0.300. The van der Waals surface area contributed by atoms with Gasteiger partial charge < -0.3 is 14.5 Å². The Morgan fingerprint density at radius 2 is 2.04 bits per heavy atom. The second-order valence-electron chi connectivity index (χ2n) is 7.37. The first-order valence-corrected chi connectivity index (χ1v) is 12.3. The molecule has 0 aliphatic heterocycles. The first-order valence-electron chi connectivity index (χ1n) is 8.84. The molecule has 0 saturated heterocycles. The van der Waals surface area contributed by atoms with Crippen LogP contribution in [0.3, 0.4) is 0 Å². The summed E-state index contributed by atoms with van der Waals surface area (Å²) in [6, 6.07) is 6.85. The molecule has 0 atom stereocenters. The predicted molar refractivity (Wildman–Crippen MR) is 107 cm³/mol. The van der Waals surface area contributed by atoms with Gasteiger partial charge in [0, 0.05) is 6.20 Å². The maximum absolute atomic E-state index is 14.8. The van der Waals surface area contributed by atoms with Gasteiger partial charge >= 0.3 is 5.97 Å². The van der Waals surface area contributed by atoms with Gasteiger partial charge in [-0.05, 0) is 32.0 Å². The Balaban J connectivity index is 2.11. The third-order valence-corrected chi connectivity index (χ3v) is 6.39. The minimum atomic E-state index is -1.63. The normalized spacial score (nSPS) is 11.6. The van der Waals surface area contributed by atoms with Crippen LogP contribution >= 0.6 is 0 Å². The topological polar surface area (TPSA) is 64.4 Å². The van der Waals surface area contributed by atoms with Crippen LogP contribution in [0.4, 0.5) is 15.8 Å². The molecule has 3 rings (SSSR count). The van der Waals surface area contributed by atoms with Crippen LogP contribution in [-0.2, 0) is 4.74 Å². The second-order valence-corrected chi connectivity index (χ2v) is 12.4. The zero-order valence-corrected chi connectivity index (χ0v) is 17.1. The van der Waals surface area contributed by atoms with Crippen LogP contribution < -0.4 is 10.5 Å². The number of hydrogen-bond donors (Lipinski definition) is 1. The molecule has 27 heavy (non-hydrogen) atoms. The third-order valence-electron chi connectivity index (χ3n) is 4.35. The lowest BCUT2D eigenvalue weighted by molar-refractivity contribution is 0.0494. The van der Waals surface area contributed by atoms with E-state index in [1.807, 2.05) is 13.0 Å². The van der Waals surface area contributed by atoms with Gasteiger partial charge in [0.2, 0.25) is 5.76 Å². The first-order chi connectivity index (χ1) is 12.7. The van der Waals surface area contributed by atoms with Crippen molar-refractivity contribution in [1.29, 1.82) is 0 Å². The van der Waals surface area contributed by atoms with Crippen LogP contribution in [-0.4, -0.2) is 25.6 Å². The van der Waals surface area contributed by atoms with E-state index in [-0.39, 0.29) is 23.9 Å². The van der Waals surface area contributed by atoms with E-state index >= 15 is 0 Å². The maximum Gasteiger partial charge on any atom is 0.376 e. The molecule has 1 N–H and O–H groups in total. The number of nitrogens with one attached hydrogen (secondary N) is 1. The maximum atomic E-state index is 14.8. The van der Waals surface area contributed by atoms with Crippen LogP contribution in [0.5, 0.6) is 0 Å². The van der Waals surface area contributed by atoms with Crippen molar-refractivity contribution in [3.8, 4) is 0 Å². The summed E-state index contributed by atoms with van der Waals surface area (Å²) >= 11 is 0. The van der Waals surface area contributed by atoms with Crippen molar-refractivity contribution in [2.24, 2.45) is 0 Å². The lowest BCUT2D eigenvalue weighted by Crippen LogP contribution is -2.37. The summed E-state index contributed by atoms with van der Waals surface area (Å²) in [5.74, 6) is -0.966. The van der Waals surface area contributed by atoms with Gasteiger partial charge in [-0.3, -0.25) is 4.98 Å². The number of aryl methyl sites for hydroxylation is 1. The Bertz CT molecular complexity index is 1010. The molecule has 1 aromatic carbocycles. The van der Waals surface area contributed by atoms with Crippen LogP contribution in [0.15, 0.2) is 34.9 Å². The average Bonchev–Trinajstić information content (AvgIpc) is 2.96. The molecule has 0 spiro atoms. The molecule has 5 nitrogen and oxygen atoms in total. The van der Waals surface area contributed by atoms with Crippen LogP contribution in [0.1, 0.15) is 23.2 Å². The molecule has 7 heteroatoms. The minimum Gasteiger partial charge on any atom is -0.460 e. The molecule has 0 radical (unpaired) electrons. The van der Waals surface area contributed by atoms with Crippen molar-refractivity contribution in [3.63, 3.8) is 0 Å². The molecule has 2 aromatic heterocycles. The number of rotatable bonds is 5. The van der Waals surface area contributed by atoms with E-state index in [2.05, 4.69) is 29.9 Å². The van der Waals surface area contributed by atoms with E-state index in [1.165, 1.54) is 0 Å². The number of fused-ring (bicyclic) bond motifs is 1. The molecule has 0 unspecified atom stereocenters. The Morgan fingerprint density at radius 3 is 2.67 bits per heavy atom. The fourth-order valence-electron chi connectivity index (χ4n) is 2.88. The third kappa shape index (κ3) is 3.73. The summed E-state index contributed by atoms with van der Waals surface area (Å²) in [6.45, 7) is 10.2. The Morgan fingerprint density at radius 1 is 1.30 bits per heavy atom. The Kier molecular flexibility index (Phi) is 5.06. The molecule has 142 valence electrons. The summed E-state index contributed by atoms with van der Waals surface area (Å²) in [6.07, 6.45) is 1.60. The van der Waals surface area contributed by atoms with Crippen molar-refractivity contribution < 1.29 is 18.3 Å². The van der Waals surface area contributed by atoms with E-state index in [9.17, 15) is 9.18 Å². The molecule has 0 bridgehead atoms. The number of carbonyl (C=O) groups excluding carboxylic acids is 1. The molecule has 2 heterocycles. The zero-order chi connectivity index (χ0) is 19.8. The van der Waals surface area contributed by atoms with Crippen LogP contribution in [0, 0.1) is 12.7 Å². The lowest BCUT2D eigenvalue weighted by atomic mass is 10.2. The van der Waals surface area contributed by atoms with Crippen molar-refractivity contribution in [2.75, 3.05) is 11.9 Å². The van der Waals surface area contributed by atoms with E-state index in [4.69, 9.17) is 9.15 Å². The highest BCUT2D eigenvalue weighted by molar-refractivity contribution is 6.88. The number of nitrogens with zero attached hydrogens (tertiary/aromatic N) is 1. The molecular weight excluding hydrogens is 363 g/mol. The van der Waals surface area contributed by atoms with E-state index < -0.39 is 14.0 Å². The van der Waals surface area contributed by atoms with Crippen molar-refractivity contribution >= 4 is 41.6 Å². The zero-order valence-electron chi connectivity index (χ0n) is 16.1. The summed E-state index contributed by atoms with van der Waals surface area (Å²) in [7, 11) is -1.63. The molecule has 0 fully saturated rings. The highest BCUT2D eigenvalue weighted by Crippen LogP contribution is 2.35. The Labute approximate surface area is 158 Å². The SMILES string of the molecule is CCOC(=O)c1oc2ccnc(C)c2c1Nc1ccc([Si](C)(C)C)cc1F. The van der Waals surface area contributed by atoms with Gasteiger partial charge in [0.1, 0.15) is 17.1 Å².